The zero-order chi connectivity index (χ0) is 29.5. The van der Waals surface area contributed by atoms with E-state index in [9.17, 15) is 9.59 Å². The minimum absolute atomic E-state index is 0.00507. The van der Waals surface area contributed by atoms with Gasteiger partial charge in [-0.15, -0.1) is 0 Å². The Morgan fingerprint density at radius 3 is 2.37 bits per heavy atom. The van der Waals surface area contributed by atoms with Gasteiger partial charge in [0.25, 0.3) is 5.91 Å². The van der Waals surface area contributed by atoms with Gasteiger partial charge in [-0.3, -0.25) is 9.59 Å². The van der Waals surface area contributed by atoms with Crippen LogP contribution >= 0.6 is 0 Å². The SMILES string of the molecule is C=CC(=O)Nc1cc(Cc2cc(C(=O)NC(C)C)cnc2NC(=C)c2ccc(N3CCN(C)CC3)cc2)ccc1C. The van der Waals surface area contributed by atoms with E-state index in [0.29, 0.717) is 29.2 Å². The minimum Gasteiger partial charge on any atom is -0.369 e. The highest BCUT2D eigenvalue weighted by Gasteiger charge is 2.16. The zero-order valence-corrected chi connectivity index (χ0v) is 24.5. The molecule has 0 radical (unpaired) electrons. The van der Waals surface area contributed by atoms with Gasteiger partial charge in [0.2, 0.25) is 5.91 Å². The van der Waals surface area contributed by atoms with Crippen molar-refractivity contribution in [2.24, 2.45) is 0 Å². The average molecular weight is 553 g/mol. The zero-order valence-electron chi connectivity index (χ0n) is 24.5. The lowest BCUT2D eigenvalue weighted by Gasteiger charge is -2.34. The number of amides is 2. The van der Waals surface area contributed by atoms with Crippen molar-refractivity contribution in [3.05, 3.63) is 102 Å². The molecule has 1 aliphatic heterocycles. The van der Waals surface area contributed by atoms with Crippen LogP contribution in [0, 0.1) is 6.92 Å². The molecule has 0 aliphatic carbocycles. The van der Waals surface area contributed by atoms with E-state index in [1.165, 1.54) is 11.8 Å². The number of aromatic nitrogens is 1. The van der Waals surface area contributed by atoms with E-state index in [2.05, 4.69) is 75.2 Å². The molecule has 1 saturated heterocycles. The van der Waals surface area contributed by atoms with Gasteiger partial charge in [0, 0.05) is 61.9 Å². The fraction of sp³-hybridized carbons (Fsp3) is 0.303. The monoisotopic (exact) mass is 552 g/mol. The van der Waals surface area contributed by atoms with Crippen LogP contribution in [0.5, 0.6) is 0 Å². The fourth-order valence-electron chi connectivity index (χ4n) is 4.70. The number of hydrogen-bond donors (Lipinski definition) is 3. The van der Waals surface area contributed by atoms with E-state index in [0.717, 1.165) is 48.4 Å². The summed E-state index contributed by atoms with van der Waals surface area (Å²) in [6, 6.07) is 16.2. The molecule has 4 rings (SSSR count). The Hall–Kier alpha value is -4.43. The molecule has 3 aromatic rings. The van der Waals surface area contributed by atoms with Crippen molar-refractivity contribution in [2.75, 3.05) is 48.8 Å². The lowest BCUT2D eigenvalue weighted by atomic mass is 10.0. The Labute approximate surface area is 243 Å². The predicted molar refractivity (Wildman–Crippen MR) is 168 cm³/mol. The number of carbonyl (C=O) groups is 2. The molecule has 2 heterocycles. The van der Waals surface area contributed by atoms with E-state index < -0.39 is 0 Å². The minimum atomic E-state index is -0.267. The Morgan fingerprint density at radius 2 is 1.71 bits per heavy atom. The van der Waals surface area contributed by atoms with Crippen LogP contribution in [-0.2, 0) is 11.2 Å². The maximum absolute atomic E-state index is 12.8. The number of hydrogen-bond acceptors (Lipinski definition) is 6. The highest BCUT2D eigenvalue weighted by Crippen LogP contribution is 2.26. The van der Waals surface area contributed by atoms with Crippen molar-refractivity contribution < 1.29 is 9.59 Å². The maximum atomic E-state index is 12.8. The summed E-state index contributed by atoms with van der Waals surface area (Å²) in [4.78, 5) is 34.1. The lowest BCUT2D eigenvalue weighted by Crippen LogP contribution is -2.44. The Bertz CT molecular complexity index is 1420. The van der Waals surface area contributed by atoms with E-state index >= 15 is 0 Å². The third-order valence-corrected chi connectivity index (χ3v) is 7.14. The Morgan fingerprint density at radius 1 is 1.00 bits per heavy atom. The van der Waals surface area contributed by atoms with Crippen LogP contribution in [0.25, 0.3) is 5.70 Å². The standard InChI is InChI=1S/C33H40N6O2/c1-7-31(40)37-30-19-25(9-8-23(30)4)18-27-20-28(33(41)35-22(2)3)21-34-32(27)36-24(5)26-10-12-29(13-11-26)39-16-14-38(6)15-17-39/h7-13,19-22H,1,5,14-18H2,2-4,6H3,(H,34,36)(H,35,41)(H,37,40). The lowest BCUT2D eigenvalue weighted by molar-refractivity contribution is -0.111. The summed E-state index contributed by atoms with van der Waals surface area (Å²) < 4.78 is 0. The number of carbonyl (C=O) groups excluding carboxylic acids is 2. The number of rotatable bonds is 10. The molecule has 1 aromatic heterocycles. The van der Waals surface area contributed by atoms with E-state index in [4.69, 9.17) is 0 Å². The van der Waals surface area contributed by atoms with Gasteiger partial charge in [-0.25, -0.2) is 4.98 Å². The molecule has 0 bridgehead atoms. The van der Waals surface area contributed by atoms with E-state index in [1.807, 2.05) is 45.0 Å². The van der Waals surface area contributed by atoms with Gasteiger partial charge in [-0.2, -0.15) is 0 Å². The van der Waals surface area contributed by atoms with Crippen molar-refractivity contribution in [2.45, 2.75) is 33.2 Å². The molecule has 0 saturated carbocycles. The van der Waals surface area contributed by atoms with Gasteiger partial charge in [0.05, 0.1) is 5.56 Å². The molecule has 2 amide bonds. The quantitative estimate of drug-likeness (QED) is 0.304. The van der Waals surface area contributed by atoms with Gasteiger partial charge in [-0.1, -0.05) is 37.4 Å². The van der Waals surface area contributed by atoms with Crippen LogP contribution in [0.15, 0.2) is 74.0 Å². The number of pyridine rings is 1. The van der Waals surface area contributed by atoms with Crippen molar-refractivity contribution >= 4 is 34.7 Å². The van der Waals surface area contributed by atoms with Crippen molar-refractivity contribution in [1.82, 2.24) is 15.2 Å². The third kappa shape index (κ3) is 7.83. The van der Waals surface area contributed by atoms with Crippen LogP contribution in [-0.4, -0.2) is 61.0 Å². The van der Waals surface area contributed by atoms with Gasteiger partial charge in [0.1, 0.15) is 5.82 Å². The molecule has 1 aliphatic rings. The molecular formula is C33H40N6O2. The summed E-state index contributed by atoms with van der Waals surface area (Å²) in [5, 5.41) is 9.18. The first kappa shape index (κ1) is 29.6. The highest BCUT2D eigenvalue weighted by molar-refractivity contribution is 5.99. The summed E-state index contributed by atoms with van der Waals surface area (Å²) in [6.07, 6.45) is 3.32. The molecule has 2 aromatic carbocycles. The van der Waals surface area contributed by atoms with Crippen molar-refractivity contribution in [1.29, 1.82) is 0 Å². The summed E-state index contributed by atoms with van der Waals surface area (Å²) in [6.45, 7) is 17.7. The van der Waals surface area contributed by atoms with Crippen LogP contribution < -0.4 is 20.9 Å². The molecule has 1 fully saturated rings. The van der Waals surface area contributed by atoms with Crippen LogP contribution in [0.2, 0.25) is 0 Å². The first-order valence-corrected chi connectivity index (χ1v) is 14.0. The molecule has 41 heavy (non-hydrogen) atoms. The summed E-state index contributed by atoms with van der Waals surface area (Å²) >= 11 is 0. The van der Waals surface area contributed by atoms with Gasteiger partial charge < -0.3 is 25.8 Å². The molecule has 0 unspecified atom stereocenters. The summed E-state index contributed by atoms with van der Waals surface area (Å²) in [7, 11) is 2.15. The second-order valence-corrected chi connectivity index (χ2v) is 10.8. The highest BCUT2D eigenvalue weighted by atomic mass is 16.2. The van der Waals surface area contributed by atoms with Gasteiger partial charge in [-0.05, 0) is 80.4 Å². The van der Waals surface area contributed by atoms with Crippen LogP contribution in [0.3, 0.4) is 0 Å². The normalized spacial score (nSPS) is 13.5. The van der Waals surface area contributed by atoms with Crippen molar-refractivity contribution in [3.63, 3.8) is 0 Å². The Balaban J connectivity index is 1.58. The van der Waals surface area contributed by atoms with E-state index in [1.54, 1.807) is 6.20 Å². The van der Waals surface area contributed by atoms with Crippen molar-refractivity contribution in [3.8, 4) is 0 Å². The summed E-state index contributed by atoms with van der Waals surface area (Å²) in [5.41, 5.74) is 6.81. The first-order valence-electron chi connectivity index (χ1n) is 14.0. The number of nitrogens with one attached hydrogen (secondary N) is 3. The maximum Gasteiger partial charge on any atom is 0.253 e. The number of benzene rings is 2. The molecule has 8 heteroatoms. The van der Waals surface area contributed by atoms with E-state index in [-0.39, 0.29) is 17.9 Å². The van der Waals surface area contributed by atoms with Crippen LogP contribution in [0.1, 0.15) is 46.5 Å². The molecule has 0 atom stereocenters. The Kier molecular flexibility index (Phi) is 9.57. The number of anilines is 3. The first-order chi connectivity index (χ1) is 19.6. The number of piperazine rings is 1. The van der Waals surface area contributed by atoms with Crippen LogP contribution in [0.4, 0.5) is 17.2 Å². The topological polar surface area (TPSA) is 89.6 Å². The fourth-order valence-corrected chi connectivity index (χ4v) is 4.70. The molecule has 214 valence electrons. The molecule has 3 N–H and O–H groups in total. The third-order valence-electron chi connectivity index (χ3n) is 7.14. The smallest absolute Gasteiger partial charge is 0.253 e. The molecular weight excluding hydrogens is 512 g/mol. The largest absolute Gasteiger partial charge is 0.369 e. The number of aryl methyl sites for hydroxylation is 1. The predicted octanol–water partition coefficient (Wildman–Crippen LogP) is 5.08. The number of likely N-dealkylation sites (N-methyl/N-ethyl adjacent to an activating group) is 1. The van der Waals surface area contributed by atoms with Gasteiger partial charge in [0.15, 0.2) is 0 Å². The second-order valence-electron chi connectivity index (χ2n) is 10.8. The molecule has 0 spiro atoms. The second kappa shape index (κ2) is 13.3. The average Bonchev–Trinajstić information content (AvgIpc) is 2.95. The van der Waals surface area contributed by atoms with Gasteiger partial charge >= 0.3 is 0 Å². The summed E-state index contributed by atoms with van der Waals surface area (Å²) in [5.74, 6) is 0.175. The molecule has 8 nitrogen and oxygen atoms in total. The number of nitrogens with zero attached hydrogens (tertiary/aromatic N) is 3.